The fourth-order valence-electron chi connectivity index (χ4n) is 6.91. The topological polar surface area (TPSA) is 87.8 Å². The van der Waals surface area contributed by atoms with E-state index in [1.807, 2.05) is 0 Å². The van der Waals surface area contributed by atoms with Crippen molar-refractivity contribution in [2.45, 2.75) is 76.4 Å². The number of anilines is 1. The second kappa shape index (κ2) is 9.64. The average Bonchev–Trinajstić information content (AvgIpc) is 3.09. The van der Waals surface area contributed by atoms with Gasteiger partial charge in [0.25, 0.3) is 5.69 Å². The van der Waals surface area contributed by atoms with Gasteiger partial charge in [0.05, 0.1) is 16.1 Å². The summed E-state index contributed by atoms with van der Waals surface area (Å²) < 4.78 is 14.1. The van der Waals surface area contributed by atoms with Gasteiger partial charge < -0.3 is 10.2 Å². The third-order valence-electron chi connectivity index (χ3n) is 7.77. The molecule has 1 heterocycles. The molecule has 10 heteroatoms. The van der Waals surface area contributed by atoms with Crippen LogP contribution in [0.4, 0.5) is 15.8 Å². The molecule has 34 heavy (non-hydrogen) atoms. The highest BCUT2D eigenvalue weighted by Gasteiger charge is 2.51. The second-order valence-electron chi connectivity index (χ2n) is 10.7. The Morgan fingerprint density at radius 2 is 1.88 bits per heavy atom. The molecule has 4 bridgehead atoms. The monoisotopic (exact) mass is 510 g/mol. The number of nitro groups is 1. The number of aliphatic imine (C=N–C) groups is 1. The van der Waals surface area contributed by atoms with Crippen molar-refractivity contribution in [2.24, 2.45) is 22.7 Å². The normalized spacial score (nSPS) is 32.8. The van der Waals surface area contributed by atoms with Crippen LogP contribution in [0.1, 0.15) is 58.8 Å². The standard InChI is InChI=1S/C24H31FN4O3S.ClH/c1-14(2)28-19(9-22(30)26-21-8-18(29(31)32)3-4-20(21)25)13-33-23(28)27-24-10-15-5-16(11-24)7-17(6-15)12-24;/h3-4,8,14-17,19H,5-7,9-13H2,1-2H3,(H,26,30);1H/b27-23-;. The average molecular weight is 511 g/mol. The molecule has 0 aromatic heterocycles. The van der Waals surface area contributed by atoms with E-state index >= 15 is 0 Å². The van der Waals surface area contributed by atoms with Crippen molar-refractivity contribution in [1.82, 2.24) is 4.90 Å². The highest BCUT2D eigenvalue weighted by Crippen LogP contribution is 2.57. The Morgan fingerprint density at radius 1 is 1.26 bits per heavy atom. The summed E-state index contributed by atoms with van der Waals surface area (Å²) in [6.45, 7) is 4.23. The predicted octanol–water partition coefficient (Wildman–Crippen LogP) is 5.63. The first-order chi connectivity index (χ1) is 15.7. The molecule has 1 aliphatic heterocycles. The van der Waals surface area contributed by atoms with E-state index in [4.69, 9.17) is 4.99 Å². The van der Waals surface area contributed by atoms with Gasteiger partial charge in [0.15, 0.2) is 5.17 Å². The summed E-state index contributed by atoms with van der Waals surface area (Å²) >= 11 is 1.73. The molecule has 5 aliphatic rings. The maximum absolute atomic E-state index is 14.1. The van der Waals surface area contributed by atoms with Gasteiger partial charge in [0.1, 0.15) is 5.82 Å². The molecular weight excluding hydrogens is 479 g/mol. The lowest BCUT2D eigenvalue weighted by Gasteiger charge is -2.55. The minimum absolute atomic E-state index is 0. The van der Waals surface area contributed by atoms with Gasteiger partial charge in [-0.2, -0.15) is 0 Å². The van der Waals surface area contributed by atoms with Gasteiger partial charge in [-0.3, -0.25) is 19.9 Å². The SMILES string of the molecule is CC(C)N1/C(=N/C23CC4CC(CC(C4)C2)C3)SCC1CC(=O)Nc1cc([N+](=O)[O-])ccc1F.Cl. The Kier molecular flexibility index (Phi) is 7.16. The van der Waals surface area contributed by atoms with Gasteiger partial charge in [0.2, 0.25) is 5.91 Å². The highest BCUT2D eigenvalue weighted by atomic mass is 35.5. The minimum Gasteiger partial charge on any atom is -0.345 e. The van der Waals surface area contributed by atoms with Crippen LogP contribution in [-0.2, 0) is 4.79 Å². The zero-order valence-electron chi connectivity index (χ0n) is 19.5. The van der Waals surface area contributed by atoms with Crippen molar-refractivity contribution < 1.29 is 14.1 Å². The van der Waals surface area contributed by atoms with Gasteiger partial charge in [-0.15, -0.1) is 12.4 Å². The Hall–Kier alpha value is -1.87. The number of non-ortho nitro benzene ring substituents is 1. The summed E-state index contributed by atoms with van der Waals surface area (Å²) in [5, 5.41) is 14.6. The van der Waals surface area contributed by atoms with E-state index in [1.54, 1.807) is 11.8 Å². The number of amidine groups is 1. The highest BCUT2D eigenvalue weighted by molar-refractivity contribution is 8.14. The minimum atomic E-state index is -0.681. The molecule has 5 fully saturated rings. The first kappa shape index (κ1) is 25.2. The third kappa shape index (κ3) is 4.91. The number of rotatable bonds is 6. The number of hydrogen-bond donors (Lipinski definition) is 1. The molecule has 1 saturated heterocycles. The fourth-order valence-corrected chi connectivity index (χ4v) is 8.30. The smallest absolute Gasteiger partial charge is 0.271 e. The zero-order valence-corrected chi connectivity index (χ0v) is 21.2. The Morgan fingerprint density at radius 3 is 2.44 bits per heavy atom. The van der Waals surface area contributed by atoms with Crippen LogP contribution in [0.15, 0.2) is 23.2 Å². The number of carbonyl (C=O) groups is 1. The quantitative estimate of drug-likeness (QED) is 0.395. The maximum Gasteiger partial charge on any atom is 0.271 e. The summed E-state index contributed by atoms with van der Waals surface area (Å²) in [5.41, 5.74) is -0.330. The zero-order chi connectivity index (χ0) is 23.3. The van der Waals surface area contributed by atoms with Crippen LogP contribution in [0, 0.1) is 33.7 Å². The molecule has 0 spiro atoms. The van der Waals surface area contributed by atoms with Crippen molar-refractivity contribution in [2.75, 3.05) is 11.1 Å². The Labute approximate surface area is 209 Å². The van der Waals surface area contributed by atoms with Crippen LogP contribution >= 0.6 is 24.2 Å². The Bertz CT molecular complexity index is 969. The summed E-state index contributed by atoms with van der Waals surface area (Å²) in [6.07, 6.45) is 7.92. The molecule has 6 rings (SSSR count). The molecule has 1 amide bonds. The number of carbonyl (C=O) groups excluding carboxylic acids is 1. The van der Waals surface area contributed by atoms with Gasteiger partial charge in [0, 0.05) is 36.4 Å². The molecule has 186 valence electrons. The number of nitro benzene ring substituents is 1. The number of nitrogens with one attached hydrogen (secondary N) is 1. The van der Waals surface area contributed by atoms with E-state index < -0.39 is 10.7 Å². The first-order valence-corrected chi connectivity index (χ1v) is 12.9. The molecule has 0 radical (unpaired) electrons. The molecule has 1 atom stereocenters. The van der Waals surface area contributed by atoms with E-state index in [1.165, 1.54) is 38.5 Å². The molecule has 4 aliphatic carbocycles. The molecule has 7 nitrogen and oxygen atoms in total. The van der Waals surface area contributed by atoms with Crippen LogP contribution < -0.4 is 5.32 Å². The maximum atomic E-state index is 14.1. The molecule has 1 aromatic rings. The number of halogens is 2. The number of benzene rings is 1. The van der Waals surface area contributed by atoms with Gasteiger partial charge in [-0.25, -0.2) is 4.39 Å². The van der Waals surface area contributed by atoms with Gasteiger partial charge in [-0.05, 0) is 76.2 Å². The number of thioether (sulfide) groups is 1. The van der Waals surface area contributed by atoms with Crippen molar-refractivity contribution in [3.63, 3.8) is 0 Å². The number of nitrogens with zero attached hydrogens (tertiary/aromatic N) is 3. The van der Waals surface area contributed by atoms with E-state index in [-0.39, 0.29) is 53.7 Å². The summed E-state index contributed by atoms with van der Waals surface area (Å²) in [5.74, 6) is 2.21. The predicted molar refractivity (Wildman–Crippen MR) is 135 cm³/mol. The lowest BCUT2D eigenvalue weighted by Crippen LogP contribution is -2.50. The summed E-state index contributed by atoms with van der Waals surface area (Å²) in [4.78, 5) is 30.8. The summed E-state index contributed by atoms with van der Waals surface area (Å²) in [6, 6.07) is 3.32. The van der Waals surface area contributed by atoms with Crippen molar-refractivity contribution >= 4 is 46.6 Å². The van der Waals surface area contributed by atoms with Gasteiger partial charge in [-0.1, -0.05) is 11.8 Å². The van der Waals surface area contributed by atoms with Crippen molar-refractivity contribution in [3.05, 3.63) is 34.1 Å². The van der Waals surface area contributed by atoms with Crippen molar-refractivity contribution in [1.29, 1.82) is 0 Å². The van der Waals surface area contributed by atoms with Gasteiger partial charge >= 0.3 is 0 Å². The molecular formula is C24H32ClFN4O3S. The Balaban J connectivity index is 0.00000274. The number of hydrogen-bond acceptors (Lipinski definition) is 5. The van der Waals surface area contributed by atoms with Crippen LogP contribution in [0.3, 0.4) is 0 Å². The molecule has 1 N–H and O–H groups in total. The van der Waals surface area contributed by atoms with Crippen LogP contribution in [-0.4, -0.2) is 44.3 Å². The van der Waals surface area contributed by atoms with E-state index in [0.29, 0.717) is 0 Å². The van der Waals surface area contributed by atoms with E-state index in [2.05, 4.69) is 24.1 Å². The van der Waals surface area contributed by atoms with Crippen LogP contribution in [0.25, 0.3) is 0 Å². The molecule has 4 saturated carbocycles. The number of amides is 1. The van der Waals surface area contributed by atoms with E-state index in [0.717, 1.165) is 46.9 Å². The lowest BCUT2D eigenvalue weighted by molar-refractivity contribution is -0.384. The molecule has 1 unspecified atom stereocenters. The summed E-state index contributed by atoms with van der Waals surface area (Å²) in [7, 11) is 0. The fraction of sp³-hybridized carbons (Fsp3) is 0.667. The third-order valence-corrected chi connectivity index (χ3v) is 8.88. The first-order valence-electron chi connectivity index (χ1n) is 12.0. The second-order valence-corrected chi connectivity index (χ2v) is 11.7. The van der Waals surface area contributed by atoms with Crippen molar-refractivity contribution in [3.8, 4) is 0 Å². The lowest BCUT2D eigenvalue weighted by atomic mass is 9.53. The van der Waals surface area contributed by atoms with Crippen LogP contribution in [0.5, 0.6) is 0 Å². The molecule has 1 aromatic carbocycles. The van der Waals surface area contributed by atoms with Crippen LogP contribution in [0.2, 0.25) is 0 Å². The largest absolute Gasteiger partial charge is 0.345 e. The van der Waals surface area contributed by atoms with E-state index in [9.17, 15) is 19.3 Å².